The van der Waals surface area contributed by atoms with Gasteiger partial charge in [0.15, 0.2) is 0 Å². The third-order valence-electron chi connectivity index (χ3n) is 0. The average molecular weight is 131 g/mol. The molecule has 2 N–H and O–H groups in total. The van der Waals surface area contributed by atoms with Gasteiger partial charge in [-0.1, -0.05) is 0 Å². The van der Waals surface area contributed by atoms with Gasteiger partial charge in [0.05, 0.1) is 0 Å². The molecule has 32 valence electrons. The minimum atomic E-state index is -3.13. The van der Waals surface area contributed by atoms with Gasteiger partial charge >= 0.3 is 55.3 Å². The molecule has 0 aliphatic heterocycles. The van der Waals surface area contributed by atoms with Gasteiger partial charge in [-0.05, 0) is 0 Å². The van der Waals surface area contributed by atoms with Crippen molar-refractivity contribution in [2.24, 2.45) is 0 Å². The van der Waals surface area contributed by atoms with Crippen molar-refractivity contribution >= 4 is 55.3 Å². The van der Waals surface area contributed by atoms with E-state index in [2.05, 4.69) is 0 Å². The largest absolute Gasteiger partial charge is 2.00 e. The van der Waals surface area contributed by atoms with Crippen molar-refractivity contribution in [1.29, 1.82) is 0 Å². The Hall–Kier alpha value is 1.15. The van der Waals surface area contributed by atoms with Crippen LogP contribution in [0, 0.1) is 0 Å². The maximum absolute atomic E-state index is 8.74. The minimum absolute atomic E-state index is 0. The van der Waals surface area contributed by atoms with Crippen LogP contribution in [-0.4, -0.2) is 64.9 Å². The zero-order chi connectivity index (χ0) is 3.58. The molecule has 0 aliphatic carbocycles. The molecule has 0 amide bonds. The Labute approximate surface area is 74.9 Å². The van der Waals surface area contributed by atoms with Crippen molar-refractivity contribution < 1.29 is 19.8 Å². The summed E-state index contributed by atoms with van der Waals surface area (Å²) in [6.45, 7) is 0. The monoisotopic (exact) mass is 130 g/mol. The first-order valence-corrected chi connectivity index (χ1v) is 1.95. The average Bonchev–Trinajstić information content (AvgIpc) is 0.811. The topological polar surface area (TPSA) is 57.5 Å². The maximum Gasteiger partial charge on any atom is 2.00 e. The fraction of sp³-hybridized carbons (Fsp3) is 0. The standard InChI is InChI=1S/2Mg.H2O3Si.4H/c;;1-4(2)3;;;;/h;;1-2H;;;;/q2*+2;;4*-1. The van der Waals surface area contributed by atoms with Crippen LogP contribution in [0.3, 0.4) is 0 Å². The molecular weight excluding hydrogens is 125 g/mol. The Kier molecular flexibility index (Phi) is 24.8. The molecule has 0 saturated heterocycles. The van der Waals surface area contributed by atoms with E-state index in [0.29, 0.717) is 0 Å². The molecule has 0 fully saturated rings. The Morgan fingerprint density at radius 2 is 1.33 bits per heavy atom. The van der Waals surface area contributed by atoms with Gasteiger partial charge in [0, 0.05) is 0 Å². The smallest absolute Gasteiger partial charge is 1.00 e. The maximum atomic E-state index is 8.74. The Balaban J connectivity index is -0.00000000300. The molecule has 0 aromatic carbocycles. The SMILES string of the molecule is O=[Si](O)O.[H-].[H-].[H-].[H-].[Mg+2].[Mg+2]. The number of rotatable bonds is 0. The molecule has 0 radical (unpaired) electrons. The van der Waals surface area contributed by atoms with Gasteiger partial charge in [-0.25, -0.2) is 0 Å². The third-order valence-corrected chi connectivity index (χ3v) is 0. The van der Waals surface area contributed by atoms with Gasteiger partial charge in [-0.2, -0.15) is 0 Å². The number of hydrogen-bond acceptors (Lipinski definition) is 1. The molecule has 0 aliphatic rings. The van der Waals surface area contributed by atoms with Gasteiger partial charge < -0.3 is 15.3 Å². The van der Waals surface area contributed by atoms with E-state index >= 15 is 0 Å². The van der Waals surface area contributed by atoms with E-state index in [1.165, 1.54) is 0 Å². The van der Waals surface area contributed by atoms with E-state index in [9.17, 15) is 0 Å². The minimum Gasteiger partial charge on any atom is -1.00 e. The zero-order valence-electron chi connectivity index (χ0n) is 7.22. The summed E-state index contributed by atoms with van der Waals surface area (Å²) in [6.07, 6.45) is 0. The fourth-order valence-corrected chi connectivity index (χ4v) is 0. The van der Waals surface area contributed by atoms with Crippen LogP contribution in [0.4, 0.5) is 0 Å². The van der Waals surface area contributed by atoms with Crippen LogP contribution in [0.15, 0.2) is 0 Å². The summed E-state index contributed by atoms with van der Waals surface area (Å²) in [5, 5.41) is 0. The molecule has 0 unspecified atom stereocenters. The molecule has 6 heteroatoms. The molecule has 0 heterocycles. The first-order chi connectivity index (χ1) is 1.73. The van der Waals surface area contributed by atoms with Gasteiger partial charge in [0.1, 0.15) is 0 Å². The second kappa shape index (κ2) is 9.47. The van der Waals surface area contributed by atoms with Crippen LogP contribution in [0.25, 0.3) is 0 Å². The molecule has 0 rings (SSSR count). The van der Waals surface area contributed by atoms with E-state index in [4.69, 9.17) is 14.1 Å². The van der Waals surface area contributed by atoms with Crippen molar-refractivity contribution in [3.8, 4) is 0 Å². The van der Waals surface area contributed by atoms with Crippen molar-refractivity contribution in [3.63, 3.8) is 0 Å². The molecule has 0 atom stereocenters. The van der Waals surface area contributed by atoms with Crippen LogP contribution in [0.2, 0.25) is 0 Å². The molecular formula is H6Mg2O3Si. The van der Waals surface area contributed by atoms with Crippen molar-refractivity contribution in [2.45, 2.75) is 0 Å². The van der Waals surface area contributed by atoms with Gasteiger partial charge in [0.25, 0.3) is 0 Å². The van der Waals surface area contributed by atoms with Crippen LogP contribution < -0.4 is 0 Å². The Morgan fingerprint density at radius 1 is 1.33 bits per heavy atom. The zero-order valence-corrected chi connectivity index (χ0v) is 7.05. The first-order valence-electron chi connectivity index (χ1n) is 0.651. The Bertz CT molecular complexity index is 41.5. The predicted molar refractivity (Wildman–Crippen MR) is 26.8 cm³/mol. The molecule has 3 nitrogen and oxygen atoms in total. The Morgan fingerprint density at radius 3 is 1.33 bits per heavy atom. The van der Waals surface area contributed by atoms with Gasteiger partial charge in [0.2, 0.25) is 0 Å². The molecule has 0 spiro atoms. The second-order valence-electron chi connectivity index (χ2n) is 0.283. The fourth-order valence-electron chi connectivity index (χ4n) is 0. The summed E-state index contributed by atoms with van der Waals surface area (Å²) in [5.74, 6) is 0. The predicted octanol–water partition coefficient (Wildman–Crippen LogP) is -1.93. The molecule has 0 bridgehead atoms. The number of hydrogen-bond donors (Lipinski definition) is 2. The van der Waals surface area contributed by atoms with E-state index in [0.717, 1.165) is 0 Å². The molecule has 0 aromatic heterocycles. The van der Waals surface area contributed by atoms with Gasteiger partial charge in [-0.15, -0.1) is 0 Å². The van der Waals surface area contributed by atoms with Crippen LogP contribution in [0.5, 0.6) is 0 Å². The van der Waals surface area contributed by atoms with E-state index in [-0.39, 0.29) is 51.8 Å². The van der Waals surface area contributed by atoms with E-state index in [1.807, 2.05) is 0 Å². The summed E-state index contributed by atoms with van der Waals surface area (Å²) in [5.41, 5.74) is 0. The van der Waals surface area contributed by atoms with E-state index in [1.54, 1.807) is 0 Å². The summed E-state index contributed by atoms with van der Waals surface area (Å²) in [4.78, 5) is 14.3. The molecule has 0 aromatic rings. The summed E-state index contributed by atoms with van der Waals surface area (Å²) in [7, 11) is -3.13. The van der Waals surface area contributed by atoms with Crippen molar-refractivity contribution in [3.05, 3.63) is 0 Å². The van der Waals surface area contributed by atoms with Crippen LogP contribution in [-0.2, 0) is 4.46 Å². The quantitative estimate of drug-likeness (QED) is 0.376. The summed E-state index contributed by atoms with van der Waals surface area (Å²) >= 11 is 0. The summed E-state index contributed by atoms with van der Waals surface area (Å²) in [6, 6.07) is 0. The van der Waals surface area contributed by atoms with E-state index < -0.39 is 9.17 Å². The normalized spacial score (nSPS) is 4.00. The van der Waals surface area contributed by atoms with Crippen LogP contribution in [0.1, 0.15) is 5.71 Å². The van der Waals surface area contributed by atoms with Crippen molar-refractivity contribution in [2.75, 3.05) is 0 Å². The van der Waals surface area contributed by atoms with Crippen molar-refractivity contribution in [1.82, 2.24) is 0 Å². The first kappa shape index (κ1) is 15.7. The molecule has 6 heavy (non-hydrogen) atoms. The second-order valence-corrected chi connectivity index (χ2v) is 0.848. The van der Waals surface area contributed by atoms with Gasteiger partial charge in [-0.3, -0.25) is 4.46 Å². The third kappa shape index (κ3) is 67.1. The summed E-state index contributed by atoms with van der Waals surface area (Å²) < 4.78 is 8.74. The molecule has 0 saturated carbocycles. The van der Waals surface area contributed by atoms with Crippen LogP contribution >= 0.6 is 0 Å².